The van der Waals surface area contributed by atoms with Gasteiger partial charge in [0.2, 0.25) is 0 Å². The van der Waals surface area contributed by atoms with E-state index >= 15 is 0 Å². The van der Waals surface area contributed by atoms with Crippen LogP contribution in [-0.2, 0) is 16.1 Å². The van der Waals surface area contributed by atoms with Gasteiger partial charge in [-0.3, -0.25) is 0 Å². The summed E-state index contributed by atoms with van der Waals surface area (Å²) in [6.45, 7) is 1.99. The number of benzene rings is 1. The predicted molar refractivity (Wildman–Crippen MR) is 65.5 cm³/mol. The summed E-state index contributed by atoms with van der Waals surface area (Å²) in [5, 5.41) is 21.4. The third kappa shape index (κ3) is 3.84. The van der Waals surface area contributed by atoms with Crippen molar-refractivity contribution in [2.24, 2.45) is 0 Å². The number of carbonyl (C=O) groups is 1. The lowest BCUT2D eigenvalue weighted by atomic mass is 10.1. The average Bonchev–Trinajstić information content (AvgIpc) is 2.38. The second kappa shape index (κ2) is 6.15. The molecule has 1 atom stereocenters. The van der Waals surface area contributed by atoms with Crippen LogP contribution in [0, 0.1) is 11.3 Å². The van der Waals surface area contributed by atoms with Gasteiger partial charge in [-0.05, 0) is 24.6 Å². The lowest BCUT2D eigenvalue weighted by Gasteiger charge is -2.20. The van der Waals surface area contributed by atoms with Gasteiger partial charge in [0.05, 0.1) is 18.7 Å². The zero-order chi connectivity index (χ0) is 13.6. The maximum Gasteiger partial charge on any atom is 0.338 e. The van der Waals surface area contributed by atoms with Crippen molar-refractivity contribution < 1.29 is 14.6 Å². The first-order chi connectivity index (χ1) is 8.49. The van der Waals surface area contributed by atoms with Crippen LogP contribution in [-0.4, -0.2) is 30.3 Å². The number of methoxy groups -OCH3 is 1. The summed E-state index contributed by atoms with van der Waals surface area (Å²) in [4.78, 5) is 11.2. The molecule has 18 heavy (non-hydrogen) atoms. The Morgan fingerprint density at radius 3 is 2.61 bits per heavy atom. The maximum atomic E-state index is 11.2. The maximum absolute atomic E-state index is 11.2. The van der Waals surface area contributed by atoms with E-state index in [2.05, 4.69) is 10.1 Å². The van der Waals surface area contributed by atoms with E-state index in [4.69, 9.17) is 5.26 Å². The molecule has 5 heteroatoms. The minimum absolute atomic E-state index is 0.0969. The van der Waals surface area contributed by atoms with E-state index in [1.54, 1.807) is 12.1 Å². The highest BCUT2D eigenvalue weighted by molar-refractivity contribution is 5.78. The Hall–Kier alpha value is -1.90. The standard InChI is InChI=1S/C13H16N2O3/c1-13(17,12(16)18-2)9-15-8-11-5-3-10(7-14)4-6-11/h3-6,15,17H,8-9H2,1-2H3. The van der Waals surface area contributed by atoms with Gasteiger partial charge in [-0.15, -0.1) is 0 Å². The SMILES string of the molecule is COC(=O)C(C)(O)CNCc1ccc(C#N)cc1. The van der Waals surface area contributed by atoms with Gasteiger partial charge < -0.3 is 15.2 Å². The van der Waals surface area contributed by atoms with Crippen molar-refractivity contribution in [1.29, 1.82) is 5.26 Å². The Bertz CT molecular complexity index is 446. The predicted octanol–water partition coefficient (Wildman–Crippen LogP) is 0.572. The van der Waals surface area contributed by atoms with E-state index in [1.165, 1.54) is 14.0 Å². The van der Waals surface area contributed by atoms with Crippen LogP contribution < -0.4 is 5.32 Å². The first-order valence-corrected chi connectivity index (χ1v) is 5.50. The Labute approximate surface area is 106 Å². The summed E-state index contributed by atoms with van der Waals surface area (Å²) in [5.41, 5.74) is 0.0245. The van der Waals surface area contributed by atoms with Crippen molar-refractivity contribution in [2.45, 2.75) is 19.1 Å². The smallest absolute Gasteiger partial charge is 0.338 e. The summed E-state index contributed by atoms with van der Waals surface area (Å²) in [5.74, 6) is -0.671. The molecule has 0 radical (unpaired) electrons. The van der Waals surface area contributed by atoms with Crippen molar-refractivity contribution in [1.82, 2.24) is 5.32 Å². The first kappa shape index (κ1) is 14.2. The Balaban J connectivity index is 2.46. The molecule has 0 fully saturated rings. The lowest BCUT2D eigenvalue weighted by Crippen LogP contribution is -2.45. The van der Waals surface area contributed by atoms with Crippen molar-refractivity contribution in [3.63, 3.8) is 0 Å². The molecule has 0 aliphatic heterocycles. The van der Waals surface area contributed by atoms with Gasteiger partial charge in [0, 0.05) is 13.1 Å². The topological polar surface area (TPSA) is 82.3 Å². The van der Waals surface area contributed by atoms with Gasteiger partial charge >= 0.3 is 5.97 Å². The van der Waals surface area contributed by atoms with Crippen LogP contribution in [0.3, 0.4) is 0 Å². The molecule has 1 rings (SSSR count). The van der Waals surface area contributed by atoms with Crippen LogP contribution in [0.2, 0.25) is 0 Å². The molecule has 0 bridgehead atoms. The molecule has 0 saturated heterocycles. The van der Waals surface area contributed by atoms with Crippen LogP contribution in [0.1, 0.15) is 18.1 Å². The molecule has 96 valence electrons. The Morgan fingerprint density at radius 2 is 2.11 bits per heavy atom. The highest BCUT2D eigenvalue weighted by Gasteiger charge is 2.30. The number of hydrogen-bond donors (Lipinski definition) is 2. The summed E-state index contributed by atoms with van der Waals surface area (Å²) >= 11 is 0. The van der Waals surface area contributed by atoms with Gasteiger partial charge in [-0.25, -0.2) is 4.79 Å². The molecule has 1 aromatic rings. The van der Waals surface area contributed by atoms with Crippen LogP contribution in [0.5, 0.6) is 0 Å². The monoisotopic (exact) mass is 248 g/mol. The normalized spacial score (nSPS) is 13.4. The highest BCUT2D eigenvalue weighted by atomic mass is 16.5. The lowest BCUT2D eigenvalue weighted by molar-refractivity contribution is -0.159. The van der Waals surface area contributed by atoms with Crippen LogP contribution in [0.15, 0.2) is 24.3 Å². The van der Waals surface area contributed by atoms with Gasteiger partial charge in [-0.1, -0.05) is 12.1 Å². The number of rotatable bonds is 5. The zero-order valence-corrected chi connectivity index (χ0v) is 10.4. The minimum atomic E-state index is -1.54. The summed E-state index contributed by atoms with van der Waals surface area (Å²) < 4.78 is 4.48. The van der Waals surface area contributed by atoms with Crippen LogP contribution >= 0.6 is 0 Å². The van der Waals surface area contributed by atoms with Crippen molar-refractivity contribution in [3.8, 4) is 6.07 Å². The largest absolute Gasteiger partial charge is 0.467 e. The molecule has 0 aliphatic carbocycles. The molecule has 0 heterocycles. The molecule has 1 unspecified atom stereocenters. The molecule has 5 nitrogen and oxygen atoms in total. The number of aliphatic hydroxyl groups is 1. The van der Waals surface area contributed by atoms with Crippen molar-refractivity contribution in [3.05, 3.63) is 35.4 Å². The van der Waals surface area contributed by atoms with Crippen LogP contribution in [0.4, 0.5) is 0 Å². The molecule has 0 aromatic heterocycles. The van der Waals surface area contributed by atoms with E-state index in [-0.39, 0.29) is 6.54 Å². The van der Waals surface area contributed by atoms with Crippen molar-refractivity contribution >= 4 is 5.97 Å². The number of nitriles is 1. The number of ether oxygens (including phenoxy) is 1. The minimum Gasteiger partial charge on any atom is -0.467 e. The first-order valence-electron chi connectivity index (χ1n) is 5.50. The fourth-order valence-corrected chi connectivity index (χ4v) is 1.44. The number of carbonyl (C=O) groups excluding carboxylic acids is 1. The molecule has 0 amide bonds. The fourth-order valence-electron chi connectivity index (χ4n) is 1.44. The molecule has 2 N–H and O–H groups in total. The molecule has 0 spiro atoms. The van der Waals surface area contributed by atoms with E-state index in [9.17, 15) is 9.90 Å². The molecular formula is C13H16N2O3. The number of esters is 1. The van der Waals surface area contributed by atoms with Crippen molar-refractivity contribution in [2.75, 3.05) is 13.7 Å². The van der Waals surface area contributed by atoms with E-state index < -0.39 is 11.6 Å². The van der Waals surface area contributed by atoms with E-state index in [0.717, 1.165) is 5.56 Å². The molecular weight excluding hydrogens is 232 g/mol. The quantitative estimate of drug-likeness (QED) is 0.744. The number of hydrogen-bond acceptors (Lipinski definition) is 5. The average molecular weight is 248 g/mol. The van der Waals surface area contributed by atoms with E-state index in [0.29, 0.717) is 12.1 Å². The van der Waals surface area contributed by atoms with Gasteiger partial charge in [-0.2, -0.15) is 5.26 Å². The summed E-state index contributed by atoms with van der Waals surface area (Å²) in [6, 6.07) is 9.11. The van der Waals surface area contributed by atoms with Crippen LogP contribution in [0.25, 0.3) is 0 Å². The third-order valence-electron chi connectivity index (χ3n) is 2.51. The zero-order valence-electron chi connectivity index (χ0n) is 10.4. The van der Waals surface area contributed by atoms with E-state index in [1.807, 2.05) is 18.2 Å². The number of nitrogens with one attached hydrogen (secondary N) is 1. The third-order valence-corrected chi connectivity index (χ3v) is 2.51. The Kier molecular flexibility index (Phi) is 4.84. The fraction of sp³-hybridized carbons (Fsp3) is 0.385. The van der Waals surface area contributed by atoms with Gasteiger partial charge in [0.25, 0.3) is 0 Å². The molecule has 1 aromatic carbocycles. The number of nitrogens with zero attached hydrogens (tertiary/aromatic N) is 1. The molecule has 0 saturated carbocycles. The highest BCUT2D eigenvalue weighted by Crippen LogP contribution is 2.06. The summed E-state index contributed by atoms with van der Waals surface area (Å²) in [7, 11) is 1.23. The summed E-state index contributed by atoms with van der Waals surface area (Å²) in [6.07, 6.45) is 0. The second-order valence-corrected chi connectivity index (χ2v) is 4.18. The Morgan fingerprint density at radius 1 is 1.50 bits per heavy atom. The van der Waals surface area contributed by atoms with Gasteiger partial charge in [0.1, 0.15) is 0 Å². The van der Waals surface area contributed by atoms with Gasteiger partial charge in [0.15, 0.2) is 5.60 Å². The second-order valence-electron chi connectivity index (χ2n) is 4.18. The molecule has 0 aliphatic rings.